The molecule has 2 aromatic carbocycles. The van der Waals surface area contributed by atoms with Crippen molar-refractivity contribution < 1.29 is 19.5 Å². The van der Waals surface area contributed by atoms with Gasteiger partial charge in [0.25, 0.3) is 0 Å². The molecule has 0 N–H and O–H groups in total. The van der Waals surface area contributed by atoms with Crippen LogP contribution in [0.3, 0.4) is 0 Å². The third-order valence-electron chi connectivity index (χ3n) is 1.88. The Balaban J connectivity index is 0.000000845. The zero-order valence-electron chi connectivity index (χ0n) is 7.48. The predicted molar refractivity (Wildman–Crippen MR) is 51.9 cm³/mol. The van der Waals surface area contributed by atoms with Gasteiger partial charge in [0.05, 0.1) is 0 Å². The third-order valence-corrected chi connectivity index (χ3v) is 1.88. The molecule has 0 spiro atoms. The van der Waals surface area contributed by atoms with E-state index >= 15 is 0 Å². The predicted octanol–water partition coefficient (Wildman–Crippen LogP) is 3.35. The zero-order chi connectivity index (χ0) is 8.23. The minimum atomic E-state index is 0. The van der Waals surface area contributed by atoms with Gasteiger partial charge in [-0.15, -0.1) is 0 Å². The van der Waals surface area contributed by atoms with Crippen LogP contribution in [0.1, 0.15) is 0 Å². The van der Waals surface area contributed by atoms with E-state index in [1.54, 1.807) is 0 Å². The molecular weight excluding hydrogens is 210 g/mol. The fourth-order valence-electron chi connectivity index (χ4n) is 1.26. The molecular formula is C12H10Zn. The van der Waals surface area contributed by atoms with Crippen LogP contribution in [0, 0.1) is 0 Å². The smallest absolute Gasteiger partial charge is 0 e. The summed E-state index contributed by atoms with van der Waals surface area (Å²) in [5.74, 6) is 0. The fraction of sp³-hybridized carbons (Fsp3) is 0. The van der Waals surface area contributed by atoms with Crippen LogP contribution in [-0.2, 0) is 19.5 Å². The van der Waals surface area contributed by atoms with Crippen molar-refractivity contribution in [2.75, 3.05) is 0 Å². The number of rotatable bonds is 1. The van der Waals surface area contributed by atoms with E-state index in [9.17, 15) is 0 Å². The first-order valence-corrected chi connectivity index (χ1v) is 4.07. The van der Waals surface area contributed by atoms with E-state index in [0.717, 1.165) is 0 Å². The molecule has 0 saturated carbocycles. The second kappa shape index (κ2) is 4.94. The molecule has 0 amide bonds. The monoisotopic (exact) mass is 218 g/mol. The number of hydrogen-bond donors (Lipinski definition) is 0. The summed E-state index contributed by atoms with van der Waals surface area (Å²) in [5.41, 5.74) is 2.55. The molecule has 0 unspecified atom stereocenters. The van der Waals surface area contributed by atoms with Crippen LogP contribution in [0.15, 0.2) is 60.7 Å². The summed E-state index contributed by atoms with van der Waals surface area (Å²) in [6.45, 7) is 0. The van der Waals surface area contributed by atoms with Crippen molar-refractivity contribution in [3.63, 3.8) is 0 Å². The van der Waals surface area contributed by atoms with E-state index in [1.807, 2.05) is 12.1 Å². The van der Waals surface area contributed by atoms with E-state index in [1.165, 1.54) is 11.1 Å². The molecule has 0 aliphatic heterocycles. The Kier molecular flexibility index (Phi) is 3.85. The van der Waals surface area contributed by atoms with Gasteiger partial charge in [-0.2, -0.15) is 0 Å². The second-order valence-electron chi connectivity index (χ2n) is 2.73. The van der Waals surface area contributed by atoms with Crippen LogP contribution >= 0.6 is 0 Å². The van der Waals surface area contributed by atoms with E-state index in [0.29, 0.717) is 0 Å². The van der Waals surface area contributed by atoms with Gasteiger partial charge in [-0.25, -0.2) is 0 Å². The van der Waals surface area contributed by atoms with Crippen LogP contribution in [0.4, 0.5) is 0 Å². The van der Waals surface area contributed by atoms with Gasteiger partial charge in [0.2, 0.25) is 0 Å². The largest absolute Gasteiger partial charge is 0.0622 e. The molecule has 0 aliphatic carbocycles. The molecule has 0 bridgehead atoms. The number of hydrogen-bond acceptors (Lipinski definition) is 0. The van der Waals surface area contributed by atoms with Crippen molar-refractivity contribution >= 4 is 0 Å². The van der Waals surface area contributed by atoms with Crippen molar-refractivity contribution in [2.45, 2.75) is 0 Å². The van der Waals surface area contributed by atoms with E-state index in [-0.39, 0.29) is 19.5 Å². The Morgan fingerprint density at radius 2 is 0.769 bits per heavy atom. The normalized spacial score (nSPS) is 8.92. The maximum atomic E-state index is 2.12. The number of benzene rings is 2. The average molecular weight is 220 g/mol. The van der Waals surface area contributed by atoms with E-state index in [4.69, 9.17) is 0 Å². The molecule has 13 heavy (non-hydrogen) atoms. The molecule has 60 valence electrons. The SMILES string of the molecule is [Zn].c1ccc(-c2ccccc2)cc1. The molecule has 2 rings (SSSR count). The molecule has 0 aliphatic rings. The Morgan fingerprint density at radius 3 is 1.08 bits per heavy atom. The zero-order valence-corrected chi connectivity index (χ0v) is 10.4. The maximum Gasteiger partial charge on any atom is 0 e. The Hall–Kier alpha value is -0.937. The Labute approximate surface area is 91.4 Å². The van der Waals surface area contributed by atoms with Crippen molar-refractivity contribution in [3.05, 3.63) is 60.7 Å². The topological polar surface area (TPSA) is 0 Å². The minimum absolute atomic E-state index is 0. The summed E-state index contributed by atoms with van der Waals surface area (Å²) in [7, 11) is 0. The molecule has 0 heterocycles. The molecule has 0 saturated heterocycles. The first-order valence-electron chi connectivity index (χ1n) is 4.07. The van der Waals surface area contributed by atoms with Gasteiger partial charge in [0.15, 0.2) is 0 Å². The van der Waals surface area contributed by atoms with Gasteiger partial charge in [0, 0.05) is 19.5 Å². The van der Waals surface area contributed by atoms with Gasteiger partial charge in [-0.3, -0.25) is 0 Å². The molecule has 0 aromatic heterocycles. The van der Waals surface area contributed by atoms with Gasteiger partial charge < -0.3 is 0 Å². The first-order chi connectivity index (χ1) is 5.97. The first kappa shape index (κ1) is 10.1. The molecule has 2 aromatic rings. The van der Waals surface area contributed by atoms with Crippen LogP contribution in [0.2, 0.25) is 0 Å². The summed E-state index contributed by atoms with van der Waals surface area (Å²) < 4.78 is 0. The quantitative estimate of drug-likeness (QED) is 0.646. The van der Waals surface area contributed by atoms with E-state index in [2.05, 4.69) is 48.5 Å². The van der Waals surface area contributed by atoms with Gasteiger partial charge in [-0.1, -0.05) is 60.7 Å². The van der Waals surface area contributed by atoms with E-state index < -0.39 is 0 Å². The van der Waals surface area contributed by atoms with Gasteiger partial charge in [0.1, 0.15) is 0 Å². The van der Waals surface area contributed by atoms with Gasteiger partial charge in [-0.05, 0) is 11.1 Å². The summed E-state index contributed by atoms with van der Waals surface area (Å²) >= 11 is 0. The van der Waals surface area contributed by atoms with Crippen molar-refractivity contribution in [2.24, 2.45) is 0 Å². The fourth-order valence-corrected chi connectivity index (χ4v) is 1.26. The Morgan fingerprint density at radius 1 is 0.462 bits per heavy atom. The van der Waals surface area contributed by atoms with Crippen LogP contribution in [-0.4, -0.2) is 0 Å². The molecule has 0 radical (unpaired) electrons. The Bertz CT molecular complexity index is 303. The average Bonchev–Trinajstić information content (AvgIpc) is 2.21. The summed E-state index contributed by atoms with van der Waals surface area (Å²) in [6.07, 6.45) is 0. The molecule has 1 heteroatoms. The standard InChI is InChI=1S/C12H10.Zn/c1-3-7-11(8-4-1)12-9-5-2-6-10-12;/h1-10H;. The summed E-state index contributed by atoms with van der Waals surface area (Å²) in [4.78, 5) is 0. The third kappa shape index (κ3) is 2.50. The molecule has 0 fully saturated rings. The second-order valence-corrected chi connectivity index (χ2v) is 2.73. The summed E-state index contributed by atoms with van der Waals surface area (Å²) in [6, 6.07) is 20.8. The molecule has 0 atom stereocenters. The van der Waals surface area contributed by atoms with Crippen molar-refractivity contribution in [1.29, 1.82) is 0 Å². The van der Waals surface area contributed by atoms with Crippen molar-refractivity contribution in [3.8, 4) is 11.1 Å². The van der Waals surface area contributed by atoms with Crippen LogP contribution in [0.5, 0.6) is 0 Å². The van der Waals surface area contributed by atoms with Crippen LogP contribution in [0.25, 0.3) is 11.1 Å². The maximum absolute atomic E-state index is 2.12. The van der Waals surface area contributed by atoms with Crippen LogP contribution < -0.4 is 0 Å². The summed E-state index contributed by atoms with van der Waals surface area (Å²) in [5, 5.41) is 0. The van der Waals surface area contributed by atoms with Crippen molar-refractivity contribution in [1.82, 2.24) is 0 Å². The minimum Gasteiger partial charge on any atom is -0.0622 e. The molecule has 0 nitrogen and oxygen atoms in total. The van der Waals surface area contributed by atoms with Gasteiger partial charge >= 0.3 is 0 Å².